The molecule has 252 valence electrons. The topological polar surface area (TPSA) is 94.4 Å². The molecule has 0 spiro atoms. The number of methoxy groups -OCH3 is 1. The largest absolute Gasteiger partial charge is 0.495 e. The molecular formula is C33H30F6N6O3. The number of amides is 1. The zero-order valence-electron chi connectivity index (χ0n) is 26.4. The second kappa shape index (κ2) is 13.4. The third kappa shape index (κ3) is 7.45. The van der Waals surface area contributed by atoms with Crippen molar-refractivity contribution in [3.05, 3.63) is 83.3 Å². The van der Waals surface area contributed by atoms with Crippen molar-refractivity contribution in [2.75, 3.05) is 26.0 Å². The van der Waals surface area contributed by atoms with E-state index in [2.05, 4.69) is 20.4 Å². The summed E-state index contributed by atoms with van der Waals surface area (Å²) in [6.07, 6.45) is -6.04. The molecule has 1 unspecified atom stereocenters. The van der Waals surface area contributed by atoms with E-state index in [1.807, 2.05) is 0 Å². The van der Waals surface area contributed by atoms with Gasteiger partial charge in [0, 0.05) is 54.6 Å². The van der Waals surface area contributed by atoms with Gasteiger partial charge in [-0.2, -0.15) is 13.2 Å². The number of hydrogen-bond acceptors (Lipinski definition) is 7. The van der Waals surface area contributed by atoms with Gasteiger partial charge < -0.3 is 19.7 Å². The number of ether oxygens (including phenoxy) is 2. The van der Waals surface area contributed by atoms with E-state index in [0.717, 1.165) is 7.05 Å². The van der Waals surface area contributed by atoms with Crippen molar-refractivity contribution in [3.8, 4) is 28.4 Å². The highest BCUT2D eigenvalue weighted by Crippen LogP contribution is 2.36. The van der Waals surface area contributed by atoms with Crippen molar-refractivity contribution in [1.82, 2.24) is 24.6 Å². The van der Waals surface area contributed by atoms with E-state index in [1.165, 1.54) is 55.2 Å². The fraction of sp³-hybridized carbons (Fsp3) is 0.273. The van der Waals surface area contributed by atoms with Gasteiger partial charge in [-0.3, -0.25) is 9.78 Å². The summed E-state index contributed by atoms with van der Waals surface area (Å²) in [6, 6.07) is 12.3. The van der Waals surface area contributed by atoms with E-state index in [9.17, 15) is 31.1 Å². The first-order chi connectivity index (χ1) is 22.6. The number of nitrogens with one attached hydrogen (secondary N) is 1. The Kier molecular flexibility index (Phi) is 9.50. The van der Waals surface area contributed by atoms with Crippen LogP contribution in [0.4, 0.5) is 37.8 Å². The maximum atomic E-state index is 14.0. The summed E-state index contributed by atoms with van der Waals surface area (Å²) in [5.41, 5.74) is 2.67. The molecule has 5 aromatic rings. The monoisotopic (exact) mass is 672 g/mol. The van der Waals surface area contributed by atoms with Crippen molar-refractivity contribution in [2.45, 2.75) is 39.7 Å². The average molecular weight is 673 g/mol. The van der Waals surface area contributed by atoms with Crippen LogP contribution in [0.2, 0.25) is 0 Å². The Morgan fingerprint density at radius 1 is 1.00 bits per heavy atom. The highest BCUT2D eigenvalue weighted by molar-refractivity contribution is 6.00. The molecule has 3 heterocycles. The molecule has 0 fully saturated rings. The van der Waals surface area contributed by atoms with Crippen LogP contribution in [-0.4, -0.2) is 63.8 Å². The number of hydrogen-bond donors (Lipinski definition) is 1. The van der Waals surface area contributed by atoms with Crippen LogP contribution in [0.15, 0.2) is 60.9 Å². The molecule has 3 aromatic heterocycles. The van der Waals surface area contributed by atoms with Gasteiger partial charge >= 0.3 is 6.18 Å². The van der Waals surface area contributed by atoms with Crippen molar-refractivity contribution in [3.63, 3.8) is 0 Å². The summed E-state index contributed by atoms with van der Waals surface area (Å²) >= 11 is 0. The molecule has 5 rings (SSSR count). The van der Waals surface area contributed by atoms with E-state index < -0.39 is 31.4 Å². The Morgan fingerprint density at radius 2 is 1.75 bits per heavy atom. The Balaban J connectivity index is 1.51. The van der Waals surface area contributed by atoms with Crippen LogP contribution in [-0.2, 0) is 0 Å². The smallest absolute Gasteiger partial charge is 0.406 e. The molecule has 0 aliphatic rings. The number of pyridine rings is 2. The van der Waals surface area contributed by atoms with Gasteiger partial charge in [-0.15, -0.1) is 5.10 Å². The van der Waals surface area contributed by atoms with E-state index in [-0.39, 0.29) is 28.5 Å². The number of fused-ring (bicyclic) bond motifs is 1. The number of nitrogens with zero attached hydrogens (tertiary/aromatic N) is 5. The molecule has 2 aromatic carbocycles. The second-order valence-corrected chi connectivity index (χ2v) is 11.1. The van der Waals surface area contributed by atoms with E-state index >= 15 is 0 Å². The van der Waals surface area contributed by atoms with Crippen molar-refractivity contribution in [1.29, 1.82) is 0 Å². The van der Waals surface area contributed by atoms with Crippen LogP contribution >= 0.6 is 0 Å². The minimum Gasteiger partial charge on any atom is -0.495 e. The van der Waals surface area contributed by atoms with E-state index in [1.54, 1.807) is 38.2 Å². The van der Waals surface area contributed by atoms with Gasteiger partial charge in [0.05, 0.1) is 29.6 Å². The minimum absolute atomic E-state index is 0.0176. The summed E-state index contributed by atoms with van der Waals surface area (Å²) in [5.74, 6) is -0.607. The van der Waals surface area contributed by atoms with Crippen LogP contribution in [0.25, 0.3) is 27.7 Å². The average Bonchev–Trinajstić information content (AvgIpc) is 3.38. The highest BCUT2D eigenvalue weighted by Gasteiger charge is 2.32. The molecular weight excluding hydrogens is 642 g/mol. The van der Waals surface area contributed by atoms with Crippen molar-refractivity contribution in [2.24, 2.45) is 0 Å². The molecule has 15 heteroatoms. The standard InChI is InChI=1S/C33H30F6N6O3/c1-17-8-24(32(46)44(4)16-33(37,38)39)31(41-14-17)42-26-13-25-21(12-28(26)47-5)10-22(15-40-25)20-6-7-23(30(35)36)27(11-20)45-18(2)9-29(43-45)48-19(3)34/h6-15,19,30H,16H2,1-5H3,(H,41,42). The van der Waals surface area contributed by atoms with E-state index in [0.29, 0.717) is 49.6 Å². The number of aromatic nitrogens is 4. The SMILES string of the molecule is COc1cc2cc(-c3ccc(C(F)F)c(-n4nc(OC(C)F)cc4C)c3)cnc2cc1Nc1ncc(C)cc1C(=O)N(C)CC(F)(F)F. The second-order valence-electron chi connectivity index (χ2n) is 11.1. The first kappa shape index (κ1) is 34.0. The van der Waals surface area contributed by atoms with Crippen LogP contribution < -0.4 is 14.8 Å². The zero-order valence-corrected chi connectivity index (χ0v) is 26.4. The molecule has 0 bridgehead atoms. The Morgan fingerprint density at radius 3 is 2.42 bits per heavy atom. The summed E-state index contributed by atoms with van der Waals surface area (Å²) in [5, 5.41) is 7.77. The normalized spacial score (nSPS) is 12.3. The van der Waals surface area contributed by atoms with Crippen molar-refractivity contribution >= 4 is 28.3 Å². The van der Waals surface area contributed by atoms with Crippen LogP contribution in [0, 0.1) is 13.8 Å². The Hall–Kier alpha value is -5.34. The molecule has 1 atom stereocenters. The lowest BCUT2D eigenvalue weighted by atomic mass is 10.0. The van der Waals surface area contributed by atoms with Gasteiger partial charge in [0.25, 0.3) is 12.3 Å². The lowest BCUT2D eigenvalue weighted by Gasteiger charge is -2.21. The van der Waals surface area contributed by atoms with Gasteiger partial charge in [0.1, 0.15) is 18.1 Å². The quantitative estimate of drug-likeness (QED) is 0.150. The van der Waals surface area contributed by atoms with E-state index in [4.69, 9.17) is 9.47 Å². The summed E-state index contributed by atoms with van der Waals surface area (Å²) in [4.78, 5) is 22.4. The predicted octanol–water partition coefficient (Wildman–Crippen LogP) is 8.12. The first-order valence-corrected chi connectivity index (χ1v) is 14.5. The molecule has 48 heavy (non-hydrogen) atoms. The van der Waals surface area contributed by atoms with Gasteiger partial charge in [0.2, 0.25) is 12.2 Å². The number of carbonyl (C=O) groups is 1. The minimum atomic E-state index is -4.58. The molecule has 0 radical (unpaired) electrons. The summed E-state index contributed by atoms with van der Waals surface area (Å²) in [7, 11) is 2.47. The van der Waals surface area contributed by atoms with Gasteiger partial charge in [0.15, 0.2) is 0 Å². The third-order valence-corrected chi connectivity index (χ3v) is 7.25. The lowest BCUT2D eigenvalue weighted by molar-refractivity contribution is -0.138. The first-order valence-electron chi connectivity index (χ1n) is 14.5. The number of aryl methyl sites for hydroxylation is 2. The van der Waals surface area contributed by atoms with Crippen molar-refractivity contribution < 1.29 is 40.6 Å². The number of carbonyl (C=O) groups excluding carboxylic acids is 1. The Labute approximate surface area is 271 Å². The number of alkyl halides is 6. The fourth-order valence-corrected chi connectivity index (χ4v) is 5.09. The van der Waals surface area contributed by atoms with Gasteiger partial charge in [-0.1, -0.05) is 12.1 Å². The molecule has 1 amide bonds. The highest BCUT2D eigenvalue weighted by atomic mass is 19.4. The van der Waals surface area contributed by atoms with Gasteiger partial charge in [-0.25, -0.2) is 22.8 Å². The number of rotatable bonds is 10. The van der Waals surface area contributed by atoms with Gasteiger partial charge in [-0.05, 0) is 55.3 Å². The number of benzene rings is 2. The molecule has 0 saturated heterocycles. The fourth-order valence-electron chi connectivity index (χ4n) is 5.09. The van der Waals surface area contributed by atoms with Crippen LogP contribution in [0.5, 0.6) is 11.6 Å². The zero-order chi connectivity index (χ0) is 34.9. The summed E-state index contributed by atoms with van der Waals surface area (Å²) < 4.78 is 92.3. The number of halogens is 6. The molecule has 1 N–H and O–H groups in total. The van der Waals surface area contributed by atoms with Crippen LogP contribution in [0.3, 0.4) is 0 Å². The maximum Gasteiger partial charge on any atom is 0.406 e. The number of anilines is 2. The third-order valence-electron chi connectivity index (χ3n) is 7.25. The Bertz CT molecular complexity index is 1980. The van der Waals surface area contributed by atoms with Crippen LogP contribution in [0.1, 0.15) is 40.5 Å². The molecule has 0 aliphatic heterocycles. The molecule has 0 saturated carbocycles. The molecule has 9 nitrogen and oxygen atoms in total. The maximum absolute atomic E-state index is 14.0. The predicted molar refractivity (Wildman–Crippen MR) is 167 cm³/mol. The summed E-state index contributed by atoms with van der Waals surface area (Å²) in [6.45, 7) is 3.03. The molecule has 0 aliphatic carbocycles. The lowest BCUT2D eigenvalue weighted by Crippen LogP contribution is -2.36.